The van der Waals surface area contributed by atoms with Crippen LogP contribution in [0.5, 0.6) is 11.5 Å². The average molecular weight is 430 g/mol. The van der Waals surface area contributed by atoms with E-state index in [-0.39, 0.29) is 36.7 Å². The van der Waals surface area contributed by atoms with Gasteiger partial charge in [-0.2, -0.15) is 0 Å². The highest BCUT2D eigenvalue weighted by atomic mass is 16.6. The molecule has 0 aliphatic rings. The van der Waals surface area contributed by atoms with Crippen LogP contribution in [0.2, 0.25) is 0 Å². The van der Waals surface area contributed by atoms with Gasteiger partial charge in [0.25, 0.3) is 11.6 Å². The SMILES string of the molecule is CCCCN(C(=O)COc1ccc(OC)cc1)c1cc([N+](=O)[O-])ccc1C(=O)OCC. The van der Waals surface area contributed by atoms with E-state index in [4.69, 9.17) is 14.2 Å². The molecular formula is C22H26N2O7. The molecule has 0 saturated heterocycles. The molecule has 0 aliphatic heterocycles. The van der Waals surface area contributed by atoms with Gasteiger partial charge in [-0.3, -0.25) is 14.9 Å². The molecule has 0 bridgehead atoms. The molecule has 0 saturated carbocycles. The summed E-state index contributed by atoms with van der Waals surface area (Å²) in [5.41, 5.74) is -0.0146. The van der Waals surface area contributed by atoms with Crippen LogP contribution < -0.4 is 14.4 Å². The Morgan fingerprint density at radius 2 is 1.74 bits per heavy atom. The number of carbonyl (C=O) groups is 2. The predicted octanol–water partition coefficient (Wildman–Crippen LogP) is 3.99. The first-order chi connectivity index (χ1) is 14.9. The van der Waals surface area contributed by atoms with Crippen molar-refractivity contribution in [2.75, 3.05) is 31.8 Å². The Balaban J connectivity index is 2.33. The van der Waals surface area contributed by atoms with Crippen molar-refractivity contribution in [2.24, 2.45) is 0 Å². The maximum atomic E-state index is 13.0. The van der Waals surface area contributed by atoms with Crippen LogP contribution in [0.3, 0.4) is 0 Å². The summed E-state index contributed by atoms with van der Waals surface area (Å²) in [7, 11) is 1.55. The largest absolute Gasteiger partial charge is 0.497 e. The molecule has 2 rings (SSSR count). The molecule has 0 heterocycles. The molecule has 0 fully saturated rings. The van der Waals surface area contributed by atoms with Crippen molar-refractivity contribution < 1.29 is 28.7 Å². The first-order valence-corrected chi connectivity index (χ1v) is 9.94. The summed E-state index contributed by atoms with van der Waals surface area (Å²) >= 11 is 0. The van der Waals surface area contributed by atoms with Gasteiger partial charge < -0.3 is 19.1 Å². The smallest absolute Gasteiger partial charge is 0.340 e. The van der Waals surface area contributed by atoms with Crippen molar-refractivity contribution in [3.63, 3.8) is 0 Å². The van der Waals surface area contributed by atoms with Crippen molar-refractivity contribution in [2.45, 2.75) is 26.7 Å². The number of unbranched alkanes of at least 4 members (excludes halogenated alkanes) is 1. The van der Waals surface area contributed by atoms with E-state index in [1.54, 1.807) is 38.3 Å². The van der Waals surface area contributed by atoms with Crippen molar-refractivity contribution in [1.29, 1.82) is 0 Å². The molecule has 166 valence electrons. The molecule has 31 heavy (non-hydrogen) atoms. The minimum Gasteiger partial charge on any atom is -0.497 e. The first-order valence-electron chi connectivity index (χ1n) is 9.94. The van der Waals surface area contributed by atoms with Gasteiger partial charge in [-0.05, 0) is 43.7 Å². The number of amides is 1. The quantitative estimate of drug-likeness (QED) is 0.301. The number of carbonyl (C=O) groups excluding carboxylic acids is 2. The zero-order chi connectivity index (χ0) is 22.8. The predicted molar refractivity (Wildman–Crippen MR) is 115 cm³/mol. The number of hydrogen-bond donors (Lipinski definition) is 0. The molecule has 9 heteroatoms. The number of ether oxygens (including phenoxy) is 3. The van der Waals surface area contributed by atoms with Gasteiger partial charge in [-0.15, -0.1) is 0 Å². The van der Waals surface area contributed by atoms with Crippen LogP contribution in [0.15, 0.2) is 42.5 Å². The molecule has 1 amide bonds. The van der Waals surface area contributed by atoms with Crippen molar-refractivity contribution in [3.8, 4) is 11.5 Å². The zero-order valence-electron chi connectivity index (χ0n) is 17.8. The summed E-state index contributed by atoms with van der Waals surface area (Å²) in [4.78, 5) is 37.5. The summed E-state index contributed by atoms with van der Waals surface area (Å²) in [5.74, 6) is 0.0289. The Hall–Kier alpha value is -3.62. The van der Waals surface area contributed by atoms with Gasteiger partial charge in [0.2, 0.25) is 0 Å². The Kier molecular flexibility index (Phi) is 8.80. The van der Waals surface area contributed by atoms with Gasteiger partial charge >= 0.3 is 5.97 Å². The monoisotopic (exact) mass is 430 g/mol. The van der Waals surface area contributed by atoms with Gasteiger partial charge in [-0.25, -0.2) is 4.79 Å². The highest BCUT2D eigenvalue weighted by molar-refractivity contribution is 6.03. The highest BCUT2D eigenvalue weighted by Gasteiger charge is 2.25. The zero-order valence-corrected chi connectivity index (χ0v) is 17.8. The lowest BCUT2D eigenvalue weighted by Gasteiger charge is -2.24. The molecule has 2 aromatic carbocycles. The van der Waals surface area contributed by atoms with E-state index in [0.29, 0.717) is 17.9 Å². The number of anilines is 1. The fourth-order valence-electron chi connectivity index (χ4n) is 2.83. The number of rotatable bonds is 11. The molecular weight excluding hydrogens is 404 g/mol. The van der Waals surface area contributed by atoms with E-state index in [1.807, 2.05) is 6.92 Å². The third-order valence-corrected chi connectivity index (χ3v) is 4.44. The summed E-state index contributed by atoms with van der Waals surface area (Å²) in [6, 6.07) is 10.5. The van der Waals surface area contributed by atoms with Crippen LogP contribution in [0.4, 0.5) is 11.4 Å². The van der Waals surface area contributed by atoms with Gasteiger partial charge in [0, 0.05) is 18.7 Å². The van der Waals surface area contributed by atoms with Crippen LogP contribution in [0.25, 0.3) is 0 Å². The number of methoxy groups -OCH3 is 1. The second-order valence-corrected chi connectivity index (χ2v) is 6.54. The van der Waals surface area contributed by atoms with E-state index in [0.717, 1.165) is 6.42 Å². The van der Waals surface area contributed by atoms with Crippen molar-refractivity contribution >= 4 is 23.3 Å². The normalized spacial score (nSPS) is 10.3. The summed E-state index contributed by atoms with van der Waals surface area (Å²) < 4.78 is 15.7. The number of non-ortho nitro benzene ring substituents is 1. The standard InChI is InChI=1S/C22H26N2O7/c1-4-6-13-23(21(25)15-31-18-10-8-17(29-3)9-11-18)20-14-16(24(27)28)7-12-19(20)22(26)30-5-2/h7-12,14H,4-6,13,15H2,1-3H3. The van der Waals surface area contributed by atoms with Crippen LogP contribution in [0.1, 0.15) is 37.0 Å². The molecule has 0 N–H and O–H groups in total. The molecule has 0 radical (unpaired) electrons. The second kappa shape index (κ2) is 11.5. The minimum atomic E-state index is -0.655. The summed E-state index contributed by atoms with van der Waals surface area (Å²) in [6.45, 7) is 3.72. The molecule has 0 atom stereocenters. The molecule has 0 aromatic heterocycles. The fraction of sp³-hybridized carbons (Fsp3) is 0.364. The number of esters is 1. The van der Waals surface area contributed by atoms with Gasteiger partial charge in [0.15, 0.2) is 6.61 Å². The molecule has 0 aliphatic carbocycles. The average Bonchev–Trinajstić information content (AvgIpc) is 2.78. The van der Waals surface area contributed by atoms with E-state index < -0.39 is 16.8 Å². The fourth-order valence-corrected chi connectivity index (χ4v) is 2.83. The molecule has 0 spiro atoms. The third-order valence-electron chi connectivity index (χ3n) is 4.44. The van der Waals surface area contributed by atoms with Gasteiger partial charge in [-0.1, -0.05) is 13.3 Å². The van der Waals surface area contributed by atoms with Gasteiger partial charge in [0.1, 0.15) is 11.5 Å². The minimum absolute atomic E-state index is 0.0846. The Morgan fingerprint density at radius 3 is 2.32 bits per heavy atom. The van der Waals surface area contributed by atoms with E-state index in [9.17, 15) is 19.7 Å². The molecule has 9 nitrogen and oxygen atoms in total. The third kappa shape index (κ3) is 6.43. The lowest BCUT2D eigenvalue weighted by atomic mass is 10.1. The van der Waals surface area contributed by atoms with Crippen LogP contribution in [-0.4, -0.2) is 43.7 Å². The van der Waals surface area contributed by atoms with Gasteiger partial charge in [0.05, 0.1) is 29.9 Å². The Morgan fingerprint density at radius 1 is 1.06 bits per heavy atom. The number of benzene rings is 2. The molecule has 2 aromatic rings. The Labute approximate surface area is 180 Å². The van der Waals surface area contributed by atoms with E-state index in [2.05, 4.69) is 0 Å². The summed E-state index contributed by atoms with van der Waals surface area (Å²) in [6.07, 6.45) is 1.42. The van der Waals surface area contributed by atoms with Crippen LogP contribution in [0, 0.1) is 10.1 Å². The van der Waals surface area contributed by atoms with Crippen molar-refractivity contribution in [3.05, 3.63) is 58.1 Å². The maximum Gasteiger partial charge on any atom is 0.340 e. The highest BCUT2D eigenvalue weighted by Crippen LogP contribution is 2.28. The van der Waals surface area contributed by atoms with E-state index in [1.165, 1.54) is 23.1 Å². The first kappa shape index (κ1) is 23.7. The molecule has 0 unspecified atom stereocenters. The second-order valence-electron chi connectivity index (χ2n) is 6.54. The van der Waals surface area contributed by atoms with E-state index >= 15 is 0 Å². The van der Waals surface area contributed by atoms with Crippen LogP contribution in [-0.2, 0) is 9.53 Å². The summed E-state index contributed by atoms with van der Waals surface area (Å²) in [5, 5.41) is 11.3. The topological polar surface area (TPSA) is 108 Å². The number of nitrogens with zero attached hydrogens (tertiary/aromatic N) is 2. The van der Waals surface area contributed by atoms with Crippen molar-refractivity contribution in [1.82, 2.24) is 0 Å². The number of nitro benzene ring substituents is 1. The Bertz CT molecular complexity index is 913. The van der Waals surface area contributed by atoms with Crippen LogP contribution >= 0.6 is 0 Å². The lowest BCUT2D eigenvalue weighted by Crippen LogP contribution is -2.37. The lowest BCUT2D eigenvalue weighted by molar-refractivity contribution is -0.384. The number of nitro groups is 1. The number of hydrogen-bond acceptors (Lipinski definition) is 7. The maximum absolute atomic E-state index is 13.0.